The number of hydrogen-bond acceptors (Lipinski definition) is 4. The highest BCUT2D eigenvalue weighted by Gasteiger charge is 2.19. The smallest absolute Gasteiger partial charge is 0.323 e. The molecule has 0 radical (unpaired) electrons. The molecular weight excluding hydrogens is 242 g/mol. The molecule has 2 aromatic heterocycles. The van der Waals surface area contributed by atoms with Gasteiger partial charge in [-0.2, -0.15) is 0 Å². The lowest BCUT2D eigenvalue weighted by Crippen LogP contribution is -2.35. The first-order chi connectivity index (χ1) is 9.04. The van der Waals surface area contributed by atoms with Crippen molar-refractivity contribution >= 4 is 11.6 Å². The molecule has 1 atom stereocenters. The predicted octanol–water partition coefficient (Wildman–Crippen LogP) is 1.38. The number of nitrogens with zero attached hydrogens (tertiary/aromatic N) is 2. The van der Waals surface area contributed by atoms with Gasteiger partial charge in [-0.3, -0.25) is 4.79 Å². The van der Waals surface area contributed by atoms with Crippen molar-refractivity contribution in [2.24, 2.45) is 5.73 Å². The third-order valence-electron chi connectivity index (χ3n) is 3.15. The summed E-state index contributed by atoms with van der Waals surface area (Å²) in [7, 11) is 0. The number of nitrogens with two attached hydrogens (primary N) is 1. The number of aryl methyl sites for hydroxylation is 2. The summed E-state index contributed by atoms with van der Waals surface area (Å²) in [6.07, 6.45) is 2.37. The molecule has 102 valence electrons. The van der Waals surface area contributed by atoms with E-state index in [0.29, 0.717) is 13.0 Å². The van der Waals surface area contributed by atoms with Crippen molar-refractivity contribution in [2.75, 3.05) is 6.61 Å². The van der Waals surface area contributed by atoms with Crippen LogP contribution in [0.1, 0.15) is 23.9 Å². The molecule has 0 aliphatic heterocycles. The maximum Gasteiger partial charge on any atom is 0.323 e. The van der Waals surface area contributed by atoms with Crippen LogP contribution in [0.25, 0.3) is 5.65 Å². The van der Waals surface area contributed by atoms with Crippen LogP contribution in [0.3, 0.4) is 0 Å². The van der Waals surface area contributed by atoms with Crippen LogP contribution in [0.2, 0.25) is 0 Å². The van der Waals surface area contributed by atoms with Crippen molar-refractivity contribution in [1.29, 1.82) is 0 Å². The fourth-order valence-corrected chi connectivity index (χ4v) is 2.15. The molecule has 0 aromatic carbocycles. The molecule has 0 saturated heterocycles. The molecule has 0 spiro atoms. The van der Waals surface area contributed by atoms with Gasteiger partial charge in [-0.1, -0.05) is 6.07 Å². The third-order valence-corrected chi connectivity index (χ3v) is 3.15. The first-order valence-electron chi connectivity index (χ1n) is 6.40. The number of hydrogen-bond donors (Lipinski definition) is 1. The minimum absolute atomic E-state index is 0.345. The van der Waals surface area contributed by atoms with E-state index in [4.69, 9.17) is 10.5 Å². The molecule has 19 heavy (non-hydrogen) atoms. The van der Waals surface area contributed by atoms with E-state index >= 15 is 0 Å². The summed E-state index contributed by atoms with van der Waals surface area (Å²) in [5.41, 5.74) is 9.74. The quantitative estimate of drug-likeness (QED) is 0.844. The molecule has 5 heteroatoms. The topological polar surface area (TPSA) is 69.6 Å². The number of rotatable bonds is 4. The van der Waals surface area contributed by atoms with E-state index in [9.17, 15) is 4.79 Å². The van der Waals surface area contributed by atoms with Crippen molar-refractivity contribution in [3.63, 3.8) is 0 Å². The Bertz CT molecular complexity index is 604. The highest BCUT2D eigenvalue weighted by molar-refractivity contribution is 5.75. The Morgan fingerprint density at radius 2 is 2.26 bits per heavy atom. The van der Waals surface area contributed by atoms with Crippen molar-refractivity contribution in [3.05, 3.63) is 35.3 Å². The van der Waals surface area contributed by atoms with Gasteiger partial charge in [0.1, 0.15) is 11.7 Å². The zero-order chi connectivity index (χ0) is 14.0. The van der Waals surface area contributed by atoms with Crippen molar-refractivity contribution in [1.82, 2.24) is 9.38 Å². The van der Waals surface area contributed by atoms with Gasteiger partial charge in [0, 0.05) is 18.3 Å². The van der Waals surface area contributed by atoms with Gasteiger partial charge in [0.15, 0.2) is 0 Å². The van der Waals surface area contributed by atoms with E-state index in [1.54, 1.807) is 6.92 Å². The van der Waals surface area contributed by atoms with Gasteiger partial charge in [-0.15, -0.1) is 0 Å². The summed E-state index contributed by atoms with van der Waals surface area (Å²) in [4.78, 5) is 16.1. The highest BCUT2D eigenvalue weighted by Crippen LogP contribution is 2.16. The van der Waals surface area contributed by atoms with Gasteiger partial charge in [-0.05, 0) is 32.4 Å². The van der Waals surface area contributed by atoms with Gasteiger partial charge in [0.25, 0.3) is 0 Å². The third kappa shape index (κ3) is 2.61. The van der Waals surface area contributed by atoms with Crippen LogP contribution in [0.4, 0.5) is 0 Å². The zero-order valence-electron chi connectivity index (χ0n) is 11.5. The van der Waals surface area contributed by atoms with E-state index in [0.717, 1.165) is 22.6 Å². The fraction of sp³-hybridized carbons (Fsp3) is 0.429. The monoisotopic (exact) mass is 261 g/mol. The van der Waals surface area contributed by atoms with Gasteiger partial charge in [-0.25, -0.2) is 4.98 Å². The summed E-state index contributed by atoms with van der Waals surface area (Å²) in [5.74, 6) is -0.371. The second-order valence-corrected chi connectivity index (χ2v) is 4.59. The van der Waals surface area contributed by atoms with Gasteiger partial charge in [0.05, 0.1) is 12.3 Å². The van der Waals surface area contributed by atoms with E-state index in [1.807, 2.05) is 36.6 Å². The Morgan fingerprint density at radius 1 is 1.53 bits per heavy atom. The maximum atomic E-state index is 11.6. The number of carbonyl (C=O) groups is 1. The molecule has 1 unspecified atom stereocenters. The predicted molar refractivity (Wildman–Crippen MR) is 73.0 cm³/mol. The number of imidazole rings is 1. The molecule has 2 N–H and O–H groups in total. The molecule has 2 aromatic rings. The lowest BCUT2D eigenvalue weighted by molar-refractivity contribution is -0.144. The summed E-state index contributed by atoms with van der Waals surface area (Å²) in [6.45, 7) is 6.06. The Kier molecular flexibility index (Phi) is 3.85. The Labute approximate surface area is 112 Å². The fourth-order valence-electron chi connectivity index (χ4n) is 2.15. The Morgan fingerprint density at radius 3 is 2.95 bits per heavy atom. The average Bonchev–Trinajstić information content (AvgIpc) is 2.68. The zero-order valence-corrected chi connectivity index (χ0v) is 11.5. The summed E-state index contributed by atoms with van der Waals surface area (Å²) in [6, 6.07) is 3.32. The van der Waals surface area contributed by atoms with Crippen LogP contribution in [0, 0.1) is 13.8 Å². The SMILES string of the molecule is CCOC(=O)C(N)Cc1c(C)nc2c(C)cccn12. The lowest BCUT2D eigenvalue weighted by atomic mass is 10.1. The molecule has 0 bridgehead atoms. The van der Waals surface area contributed by atoms with Crippen LogP contribution in [0.15, 0.2) is 18.3 Å². The number of pyridine rings is 1. The first kappa shape index (κ1) is 13.5. The minimum Gasteiger partial charge on any atom is -0.465 e. The van der Waals surface area contributed by atoms with E-state index < -0.39 is 6.04 Å². The van der Waals surface area contributed by atoms with Crippen molar-refractivity contribution in [2.45, 2.75) is 33.2 Å². The number of ether oxygens (including phenoxy) is 1. The lowest BCUT2D eigenvalue weighted by Gasteiger charge is -2.11. The first-order valence-corrected chi connectivity index (χ1v) is 6.40. The molecule has 2 rings (SSSR count). The van der Waals surface area contributed by atoms with Crippen molar-refractivity contribution < 1.29 is 9.53 Å². The number of aromatic nitrogens is 2. The van der Waals surface area contributed by atoms with Crippen LogP contribution in [-0.2, 0) is 16.0 Å². The Balaban J connectivity index is 2.33. The van der Waals surface area contributed by atoms with Gasteiger partial charge >= 0.3 is 5.97 Å². The molecule has 0 saturated carbocycles. The van der Waals surface area contributed by atoms with E-state index in [2.05, 4.69) is 4.98 Å². The second-order valence-electron chi connectivity index (χ2n) is 4.59. The van der Waals surface area contributed by atoms with Gasteiger partial charge in [0.2, 0.25) is 0 Å². The van der Waals surface area contributed by atoms with Crippen LogP contribution >= 0.6 is 0 Å². The van der Waals surface area contributed by atoms with Gasteiger partial charge < -0.3 is 14.9 Å². The highest BCUT2D eigenvalue weighted by atomic mass is 16.5. The number of esters is 1. The second kappa shape index (κ2) is 5.40. The maximum absolute atomic E-state index is 11.6. The average molecular weight is 261 g/mol. The minimum atomic E-state index is -0.654. The molecule has 2 heterocycles. The largest absolute Gasteiger partial charge is 0.465 e. The summed E-state index contributed by atoms with van der Waals surface area (Å²) < 4.78 is 6.92. The molecule has 0 amide bonds. The standard InChI is InChI=1S/C14H19N3O2/c1-4-19-14(18)11(15)8-12-10(3)16-13-9(2)6-5-7-17(12)13/h5-7,11H,4,8,15H2,1-3H3. The number of fused-ring (bicyclic) bond motifs is 1. The molecular formula is C14H19N3O2. The van der Waals surface area contributed by atoms with E-state index in [-0.39, 0.29) is 5.97 Å². The number of carbonyl (C=O) groups excluding carboxylic acids is 1. The molecule has 0 aliphatic rings. The van der Waals surface area contributed by atoms with Crippen molar-refractivity contribution in [3.8, 4) is 0 Å². The summed E-state index contributed by atoms with van der Waals surface area (Å²) >= 11 is 0. The van der Waals surface area contributed by atoms with Crippen LogP contribution in [-0.4, -0.2) is 28.0 Å². The van der Waals surface area contributed by atoms with Crippen LogP contribution < -0.4 is 5.73 Å². The molecule has 0 fully saturated rings. The van der Waals surface area contributed by atoms with Crippen LogP contribution in [0.5, 0.6) is 0 Å². The Hall–Kier alpha value is -1.88. The molecule has 5 nitrogen and oxygen atoms in total. The molecule has 0 aliphatic carbocycles. The summed E-state index contributed by atoms with van der Waals surface area (Å²) in [5, 5.41) is 0. The van der Waals surface area contributed by atoms with E-state index in [1.165, 1.54) is 0 Å². The normalized spacial score (nSPS) is 12.6.